The van der Waals surface area contributed by atoms with Crippen LogP contribution in [0.15, 0.2) is 10.2 Å². The van der Waals surface area contributed by atoms with Gasteiger partial charge >= 0.3 is 4.87 Å². The van der Waals surface area contributed by atoms with Crippen LogP contribution in [0.4, 0.5) is 5.95 Å². The molecule has 2 aromatic heterocycles. The lowest BCUT2D eigenvalue weighted by atomic mass is 10.5. The Labute approximate surface area is 82.8 Å². The zero-order valence-corrected chi connectivity index (χ0v) is 8.21. The van der Waals surface area contributed by atoms with Gasteiger partial charge in [0, 0.05) is 18.1 Å². The van der Waals surface area contributed by atoms with Gasteiger partial charge in [-0.15, -0.1) is 0 Å². The number of anilines is 1. The van der Waals surface area contributed by atoms with Gasteiger partial charge in [-0.05, 0) is 10.4 Å². The third kappa shape index (κ3) is 1.79. The van der Waals surface area contributed by atoms with Gasteiger partial charge in [-0.2, -0.15) is 0 Å². The van der Waals surface area contributed by atoms with Crippen LogP contribution in [0, 0.1) is 0 Å². The predicted molar refractivity (Wildman–Crippen MR) is 51.1 cm³/mol. The van der Waals surface area contributed by atoms with Crippen LogP contribution in [0.2, 0.25) is 0 Å². The van der Waals surface area contributed by atoms with Crippen molar-refractivity contribution in [1.82, 2.24) is 25.2 Å². The zero-order valence-electron chi connectivity index (χ0n) is 7.39. The second-order valence-electron chi connectivity index (χ2n) is 2.65. The summed E-state index contributed by atoms with van der Waals surface area (Å²) in [4.78, 5) is 13.4. The molecule has 8 heteroatoms. The van der Waals surface area contributed by atoms with E-state index in [1.54, 1.807) is 12.4 Å². The van der Waals surface area contributed by atoms with Crippen molar-refractivity contribution in [2.24, 2.45) is 7.05 Å². The number of hydrogen-bond donors (Lipinski definition) is 2. The molecule has 0 unspecified atom stereocenters. The van der Waals surface area contributed by atoms with Crippen LogP contribution < -0.4 is 10.2 Å². The van der Waals surface area contributed by atoms with E-state index in [1.165, 1.54) is 4.68 Å². The Morgan fingerprint density at radius 1 is 1.71 bits per heavy atom. The Kier molecular flexibility index (Phi) is 2.27. The molecular weight excluding hydrogens is 204 g/mol. The number of aryl methyl sites for hydroxylation is 1. The Hall–Kier alpha value is -1.70. The van der Waals surface area contributed by atoms with Gasteiger partial charge in [0.2, 0.25) is 5.95 Å². The molecule has 0 amide bonds. The number of nitrogens with zero attached hydrogens (tertiary/aromatic N) is 4. The standard InChI is InChI=1S/C6H8N6OS/c1-12-5(9-10-11-12)7-2-4-3-14-6(13)8-4/h3H,2H2,1H3,(H,8,13)(H,7,9,11). The lowest BCUT2D eigenvalue weighted by molar-refractivity contribution is 0.712. The molecule has 14 heavy (non-hydrogen) atoms. The maximum atomic E-state index is 10.8. The Morgan fingerprint density at radius 3 is 3.14 bits per heavy atom. The molecule has 74 valence electrons. The van der Waals surface area contributed by atoms with Crippen LogP contribution in [0.3, 0.4) is 0 Å². The van der Waals surface area contributed by atoms with Gasteiger partial charge in [-0.25, -0.2) is 4.68 Å². The lowest BCUT2D eigenvalue weighted by Crippen LogP contribution is -2.07. The fourth-order valence-corrected chi connectivity index (χ4v) is 1.54. The van der Waals surface area contributed by atoms with Crippen molar-refractivity contribution in [3.63, 3.8) is 0 Å². The van der Waals surface area contributed by atoms with Gasteiger partial charge < -0.3 is 10.3 Å². The Morgan fingerprint density at radius 2 is 2.57 bits per heavy atom. The van der Waals surface area contributed by atoms with E-state index < -0.39 is 0 Å². The summed E-state index contributed by atoms with van der Waals surface area (Å²) in [5.41, 5.74) is 0.822. The van der Waals surface area contributed by atoms with Crippen LogP contribution in [-0.2, 0) is 13.6 Å². The van der Waals surface area contributed by atoms with Crippen LogP contribution in [0.1, 0.15) is 5.69 Å². The van der Waals surface area contributed by atoms with Gasteiger partial charge in [0.1, 0.15) is 0 Å². The predicted octanol–water partition coefficient (Wildman–Crippen LogP) is -0.428. The number of aromatic nitrogens is 5. The van der Waals surface area contributed by atoms with Crippen molar-refractivity contribution >= 4 is 17.3 Å². The van der Waals surface area contributed by atoms with Crippen molar-refractivity contribution in [3.05, 3.63) is 20.7 Å². The largest absolute Gasteiger partial charge is 0.347 e. The molecule has 0 aromatic carbocycles. The van der Waals surface area contributed by atoms with Crippen molar-refractivity contribution in [1.29, 1.82) is 0 Å². The molecular formula is C6H8N6OS. The number of nitrogens with one attached hydrogen (secondary N) is 2. The van der Waals surface area contributed by atoms with Crippen LogP contribution >= 0.6 is 11.3 Å². The van der Waals surface area contributed by atoms with Gasteiger partial charge in [0.25, 0.3) is 0 Å². The molecule has 7 nitrogen and oxygen atoms in total. The third-order valence-corrected chi connectivity index (χ3v) is 2.35. The Balaban J connectivity index is 2.01. The number of rotatable bonds is 3. The molecule has 2 rings (SSSR count). The summed E-state index contributed by atoms with van der Waals surface area (Å²) in [5.74, 6) is 0.567. The van der Waals surface area contributed by atoms with Crippen molar-refractivity contribution in [2.75, 3.05) is 5.32 Å². The summed E-state index contributed by atoms with van der Waals surface area (Å²) in [6.07, 6.45) is 0. The fraction of sp³-hybridized carbons (Fsp3) is 0.333. The number of hydrogen-bond acceptors (Lipinski definition) is 6. The van der Waals surface area contributed by atoms with Gasteiger partial charge in [-0.3, -0.25) is 4.79 Å². The van der Waals surface area contributed by atoms with Crippen molar-refractivity contribution < 1.29 is 0 Å². The Bertz CT molecular complexity index is 470. The van der Waals surface area contributed by atoms with Crippen LogP contribution in [-0.4, -0.2) is 25.2 Å². The summed E-state index contributed by atoms with van der Waals surface area (Å²) in [5, 5.41) is 15.6. The molecule has 0 aliphatic heterocycles. The lowest BCUT2D eigenvalue weighted by Gasteiger charge is -2.00. The summed E-state index contributed by atoms with van der Waals surface area (Å²) < 4.78 is 1.52. The molecule has 0 saturated carbocycles. The number of thiazole rings is 1. The first-order valence-electron chi connectivity index (χ1n) is 3.88. The SMILES string of the molecule is Cn1nnnc1NCc1csc(=O)[nH]1. The molecule has 0 saturated heterocycles. The average molecular weight is 212 g/mol. The van der Waals surface area contributed by atoms with E-state index in [-0.39, 0.29) is 4.87 Å². The molecule has 2 aromatic rings. The molecule has 0 bridgehead atoms. The molecule has 2 N–H and O–H groups in total. The highest BCUT2D eigenvalue weighted by molar-refractivity contribution is 7.07. The summed E-state index contributed by atoms with van der Waals surface area (Å²) in [6.45, 7) is 0.507. The molecule has 2 heterocycles. The highest BCUT2D eigenvalue weighted by atomic mass is 32.1. The molecule has 0 radical (unpaired) electrons. The highest BCUT2D eigenvalue weighted by Gasteiger charge is 2.01. The number of H-pyrrole nitrogens is 1. The molecule has 0 fully saturated rings. The third-order valence-electron chi connectivity index (χ3n) is 1.63. The number of aromatic amines is 1. The van der Waals surface area contributed by atoms with Gasteiger partial charge in [0.05, 0.1) is 6.54 Å². The minimum absolute atomic E-state index is 0.0575. The van der Waals surface area contributed by atoms with E-state index in [9.17, 15) is 4.79 Å². The van der Waals surface area contributed by atoms with E-state index in [1.807, 2.05) is 0 Å². The second-order valence-corrected chi connectivity index (χ2v) is 3.50. The topological polar surface area (TPSA) is 88.5 Å². The maximum absolute atomic E-state index is 10.8. The van der Waals surface area contributed by atoms with E-state index >= 15 is 0 Å². The highest BCUT2D eigenvalue weighted by Crippen LogP contribution is 2.01. The van der Waals surface area contributed by atoms with E-state index in [4.69, 9.17) is 0 Å². The summed E-state index contributed by atoms with van der Waals surface area (Å²) in [7, 11) is 1.73. The van der Waals surface area contributed by atoms with Gasteiger partial charge in [-0.1, -0.05) is 16.4 Å². The monoisotopic (exact) mass is 212 g/mol. The minimum atomic E-state index is -0.0575. The first-order valence-corrected chi connectivity index (χ1v) is 4.76. The molecule has 0 spiro atoms. The van der Waals surface area contributed by atoms with E-state index in [2.05, 4.69) is 25.8 Å². The first-order chi connectivity index (χ1) is 6.75. The molecule has 0 atom stereocenters. The second kappa shape index (κ2) is 3.58. The quantitative estimate of drug-likeness (QED) is 0.720. The zero-order chi connectivity index (χ0) is 9.97. The minimum Gasteiger partial charge on any atom is -0.347 e. The summed E-state index contributed by atoms with van der Waals surface area (Å²) >= 11 is 1.14. The van der Waals surface area contributed by atoms with Crippen molar-refractivity contribution in [2.45, 2.75) is 6.54 Å². The normalized spacial score (nSPS) is 10.4. The molecule has 0 aliphatic rings. The average Bonchev–Trinajstić information content (AvgIpc) is 2.72. The van der Waals surface area contributed by atoms with Gasteiger partial charge in [0.15, 0.2) is 0 Å². The summed E-state index contributed by atoms with van der Waals surface area (Å²) in [6, 6.07) is 0. The first kappa shape index (κ1) is 8.88. The number of tetrazole rings is 1. The molecule has 0 aliphatic carbocycles. The maximum Gasteiger partial charge on any atom is 0.304 e. The van der Waals surface area contributed by atoms with Crippen LogP contribution in [0.5, 0.6) is 0 Å². The fourth-order valence-electron chi connectivity index (χ4n) is 0.954. The van der Waals surface area contributed by atoms with E-state index in [0.717, 1.165) is 17.0 Å². The smallest absolute Gasteiger partial charge is 0.304 e. The van der Waals surface area contributed by atoms with E-state index in [0.29, 0.717) is 12.5 Å². The van der Waals surface area contributed by atoms with Crippen molar-refractivity contribution in [3.8, 4) is 0 Å². The van der Waals surface area contributed by atoms with Crippen LogP contribution in [0.25, 0.3) is 0 Å².